The first-order chi connectivity index (χ1) is 7.52. The molecule has 16 heavy (non-hydrogen) atoms. The monoisotopic (exact) mass is 260 g/mol. The minimum absolute atomic E-state index is 0.150. The van der Waals surface area contributed by atoms with Crippen LogP contribution in [-0.2, 0) is 9.53 Å². The molecule has 0 aliphatic rings. The normalized spacial score (nSPS) is 9.75. The van der Waals surface area contributed by atoms with Gasteiger partial charge in [-0.1, -0.05) is 29.8 Å². The van der Waals surface area contributed by atoms with Crippen LogP contribution in [0.4, 0.5) is 0 Å². The van der Waals surface area contributed by atoms with Gasteiger partial charge in [-0.25, -0.2) is 4.79 Å². The van der Waals surface area contributed by atoms with E-state index in [1.54, 1.807) is 12.1 Å². The third-order valence-corrected chi connectivity index (χ3v) is 2.89. The Morgan fingerprint density at radius 1 is 1.25 bits per heavy atom. The molecule has 0 heterocycles. The molecule has 0 amide bonds. The second-order valence-corrected chi connectivity index (χ2v) is 3.67. The van der Waals surface area contributed by atoms with E-state index in [9.17, 15) is 4.79 Å². The summed E-state index contributed by atoms with van der Waals surface area (Å²) in [7, 11) is 2.75. The summed E-state index contributed by atoms with van der Waals surface area (Å²) < 4.78 is 9.53. The molecule has 1 aromatic rings. The lowest BCUT2D eigenvalue weighted by Crippen LogP contribution is -2.03. The van der Waals surface area contributed by atoms with Gasteiger partial charge in [0.15, 0.2) is 0 Å². The van der Waals surface area contributed by atoms with Crippen molar-refractivity contribution in [2.24, 2.45) is 0 Å². The van der Waals surface area contributed by atoms with Crippen LogP contribution in [0.2, 0.25) is 10.0 Å². The van der Waals surface area contributed by atoms with Crippen LogP contribution in [0.15, 0.2) is 18.7 Å². The number of benzene rings is 1. The van der Waals surface area contributed by atoms with Gasteiger partial charge >= 0.3 is 5.97 Å². The van der Waals surface area contributed by atoms with Gasteiger partial charge in [0.2, 0.25) is 0 Å². The van der Waals surface area contributed by atoms with Crippen LogP contribution in [0.25, 0.3) is 5.57 Å². The van der Waals surface area contributed by atoms with E-state index in [1.807, 2.05) is 0 Å². The van der Waals surface area contributed by atoms with Gasteiger partial charge in [-0.05, 0) is 12.1 Å². The smallest absolute Gasteiger partial charge is 0.337 e. The van der Waals surface area contributed by atoms with Gasteiger partial charge in [-0.2, -0.15) is 0 Å². The first-order valence-electron chi connectivity index (χ1n) is 4.32. The van der Waals surface area contributed by atoms with Crippen molar-refractivity contribution in [2.45, 2.75) is 0 Å². The number of hydrogen-bond acceptors (Lipinski definition) is 3. The zero-order valence-corrected chi connectivity index (χ0v) is 10.4. The van der Waals surface area contributed by atoms with Crippen molar-refractivity contribution in [1.82, 2.24) is 0 Å². The average molecular weight is 261 g/mol. The zero-order chi connectivity index (χ0) is 12.3. The minimum Gasteiger partial charge on any atom is -0.495 e. The average Bonchev–Trinajstić information content (AvgIpc) is 2.30. The number of hydrogen-bond donors (Lipinski definition) is 0. The molecule has 1 aromatic carbocycles. The molecule has 0 aliphatic carbocycles. The summed E-state index contributed by atoms with van der Waals surface area (Å²) in [6.07, 6.45) is 0. The van der Waals surface area contributed by atoms with E-state index in [-0.39, 0.29) is 15.6 Å². The Labute approximate surface area is 104 Å². The van der Waals surface area contributed by atoms with Crippen LogP contribution in [0.3, 0.4) is 0 Å². The van der Waals surface area contributed by atoms with Gasteiger partial charge in [0.05, 0.1) is 24.8 Å². The van der Waals surface area contributed by atoms with E-state index < -0.39 is 5.97 Å². The van der Waals surface area contributed by atoms with Gasteiger partial charge in [0.25, 0.3) is 0 Å². The van der Waals surface area contributed by atoms with Crippen LogP contribution in [0.5, 0.6) is 5.75 Å². The number of ether oxygens (including phenoxy) is 2. The van der Waals surface area contributed by atoms with Crippen molar-refractivity contribution in [2.75, 3.05) is 14.2 Å². The Hall–Kier alpha value is -1.19. The number of halogens is 2. The summed E-state index contributed by atoms with van der Waals surface area (Å²) in [4.78, 5) is 11.3. The highest BCUT2D eigenvalue weighted by molar-refractivity contribution is 6.44. The van der Waals surface area contributed by atoms with Gasteiger partial charge in [0.1, 0.15) is 10.8 Å². The maximum absolute atomic E-state index is 11.3. The number of carbonyl (C=O) groups excluding carboxylic acids is 1. The third kappa shape index (κ3) is 2.31. The van der Waals surface area contributed by atoms with Crippen LogP contribution < -0.4 is 4.74 Å². The van der Waals surface area contributed by atoms with Crippen molar-refractivity contribution >= 4 is 34.7 Å². The van der Waals surface area contributed by atoms with E-state index in [2.05, 4.69) is 11.3 Å². The summed E-state index contributed by atoms with van der Waals surface area (Å²) in [5, 5.41) is 0.461. The lowest BCUT2D eigenvalue weighted by atomic mass is 10.1. The summed E-state index contributed by atoms with van der Waals surface area (Å²) >= 11 is 11.9. The summed E-state index contributed by atoms with van der Waals surface area (Å²) in [6, 6.07) is 3.21. The molecule has 86 valence electrons. The fourth-order valence-corrected chi connectivity index (χ4v) is 1.67. The molecule has 3 nitrogen and oxygen atoms in total. The highest BCUT2D eigenvalue weighted by Gasteiger charge is 2.17. The molecule has 0 atom stereocenters. The molecule has 0 N–H and O–H groups in total. The van der Waals surface area contributed by atoms with Gasteiger partial charge < -0.3 is 9.47 Å². The van der Waals surface area contributed by atoms with E-state index in [1.165, 1.54) is 14.2 Å². The number of rotatable bonds is 3. The Balaban J connectivity index is 3.22. The first-order valence-corrected chi connectivity index (χ1v) is 5.08. The summed E-state index contributed by atoms with van der Waals surface area (Å²) in [5.74, 6) is -0.115. The molecule has 0 aliphatic heterocycles. The van der Waals surface area contributed by atoms with Gasteiger partial charge in [-0.15, -0.1) is 0 Å². The molecule has 0 radical (unpaired) electrons. The van der Waals surface area contributed by atoms with Crippen LogP contribution in [0, 0.1) is 0 Å². The Kier molecular flexibility index (Phi) is 4.21. The zero-order valence-electron chi connectivity index (χ0n) is 8.84. The lowest BCUT2D eigenvalue weighted by Gasteiger charge is -2.10. The lowest BCUT2D eigenvalue weighted by molar-refractivity contribution is -0.133. The third-order valence-electron chi connectivity index (χ3n) is 2.02. The molecular weight excluding hydrogens is 251 g/mol. The van der Waals surface area contributed by atoms with Crippen molar-refractivity contribution in [3.8, 4) is 5.75 Å². The van der Waals surface area contributed by atoms with E-state index in [0.717, 1.165) is 0 Å². The Morgan fingerprint density at radius 3 is 2.38 bits per heavy atom. The topological polar surface area (TPSA) is 35.5 Å². The fourth-order valence-electron chi connectivity index (χ4n) is 1.16. The minimum atomic E-state index is -0.553. The maximum Gasteiger partial charge on any atom is 0.337 e. The van der Waals surface area contributed by atoms with E-state index in [4.69, 9.17) is 27.9 Å². The molecule has 0 fully saturated rings. The molecule has 0 saturated carbocycles. The molecule has 0 unspecified atom stereocenters. The predicted octanol–water partition coefficient (Wildman–Crippen LogP) is 3.19. The number of esters is 1. The standard InChI is InChI=1S/C11H10Cl2O3/c1-6(11(14)16-3)7-4-5-8(15-2)10(13)9(7)12/h4-5H,1H2,2-3H3. The van der Waals surface area contributed by atoms with Crippen LogP contribution >= 0.6 is 23.2 Å². The quantitative estimate of drug-likeness (QED) is 0.619. The van der Waals surface area contributed by atoms with E-state index in [0.29, 0.717) is 11.3 Å². The van der Waals surface area contributed by atoms with Crippen molar-refractivity contribution in [3.05, 3.63) is 34.3 Å². The highest BCUT2D eigenvalue weighted by atomic mass is 35.5. The largest absolute Gasteiger partial charge is 0.495 e. The van der Waals surface area contributed by atoms with Gasteiger partial charge in [0, 0.05) is 5.56 Å². The van der Waals surface area contributed by atoms with Crippen molar-refractivity contribution in [3.63, 3.8) is 0 Å². The molecule has 0 saturated heterocycles. The number of carbonyl (C=O) groups is 1. The van der Waals surface area contributed by atoms with Crippen molar-refractivity contribution < 1.29 is 14.3 Å². The first kappa shape index (κ1) is 12.9. The predicted molar refractivity (Wildman–Crippen MR) is 64.1 cm³/mol. The molecule has 5 heteroatoms. The fraction of sp³-hybridized carbons (Fsp3) is 0.182. The van der Waals surface area contributed by atoms with Crippen LogP contribution in [-0.4, -0.2) is 20.2 Å². The maximum atomic E-state index is 11.3. The highest BCUT2D eigenvalue weighted by Crippen LogP contribution is 2.37. The Morgan fingerprint density at radius 2 is 1.88 bits per heavy atom. The molecule has 0 spiro atoms. The molecule has 1 rings (SSSR count). The second kappa shape index (κ2) is 5.23. The van der Waals surface area contributed by atoms with Crippen LogP contribution in [0.1, 0.15) is 5.56 Å². The number of methoxy groups -OCH3 is 2. The molecular formula is C11H10Cl2O3. The molecule has 0 bridgehead atoms. The Bertz CT molecular complexity index is 441. The summed E-state index contributed by atoms with van der Waals surface area (Å²) in [5.41, 5.74) is 0.580. The van der Waals surface area contributed by atoms with Gasteiger partial charge in [-0.3, -0.25) is 0 Å². The molecule has 0 aromatic heterocycles. The SMILES string of the molecule is C=C(C(=O)OC)c1ccc(OC)c(Cl)c1Cl. The van der Waals surface area contributed by atoms with E-state index >= 15 is 0 Å². The second-order valence-electron chi connectivity index (χ2n) is 2.91. The van der Waals surface area contributed by atoms with Crippen molar-refractivity contribution in [1.29, 1.82) is 0 Å². The summed E-state index contributed by atoms with van der Waals surface area (Å²) in [6.45, 7) is 3.59.